The molecule has 15 heavy (non-hydrogen) atoms. The molecular formula is C13H26O2. The van der Waals surface area contributed by atoms with Gasteiger partial charge < -0.3 is 4.74 Å². The second-order valence-electron chi connectivity index (χ2n) is 4.27. The summed E-state index contributed by atoms with van der Waals surface area (Å²) < 4.78 is 5.05. The van der Waals surface area contributed by atoms with Crippen LogP contribution < -0.4 is 0 Å². The largest absolute Gasteiger partial charge is 0.465 e. The number of carbonyl (C=O) groups is 1. The molecule has 2 nitrogen and oxygen atoms in total. The third-order valence-electron chi connectivity index (χ3n) is 3.09. The van der Waals surface area contributed by atoms with Crippen LogP contribution in [0.5, 0.6) is 0 Å². The van der Waals surface area contributed by atoms with Crippen molar-refractivity contribution in [3.05, 3.63) is 0 Å². The van der Waals surface area contributed by atoms with Crippen LogP contribution in [0.15, 0.2) is 0 Å². The Labute approximate surface area is 94.4 Å². The average Bonchev–Trinajstić information content (AvgIpc) is 2.26. The molecule has 0 N–H and O–H groups in total. The summed E-state index contributed by atoms with van der Waals surface area (Å²) in [5.74, 6) is 0.724. The van der Waals surface area contributed by atoms with Crippen LogP contribution in [0.2, 0.25) is 0 Å². The molecule has 2 atom stereocenters. The van der Waals surface area contributed by atoms with E-state index in [1.54, 1.807) is 0 Å². The van der Waals surface area contributed by atoms with Gasteiger partial charge in [-0.1, -0.05) is 52.9 Å². The SMILES string of the molecule is CCCCCC(CC)CC(CC)OC=O. The van der Waals surface area contributed by atoms with Crippen molar-refractivity contribution in [1.29, 1.82) is 0 Å². The summed E-state index contributed by atoms with van der Waals surface area (Å²) in [5.41, 5.74) is 0. The van der Waals surface area contributed by atoms with Crippen LogP contribution in [-0.4, -0.2) is 12.6 Å². The summed E-state index contributed by atoms with van der Waals surface area (Å²) in [5, 5.41) is 0. The van der Waals surface area contributed by atoms with Gasteiger partial charge in [0.25, 0.3) is 6.47 Å². The lowest BCUT2D eigenvalue weighted by atomic mass is 9.92. The van der Waals surface area contributed by atoms with Gasteiger partial charge >= 0.3 is 0 Å². The lowest BCUT2D eigenvalue weighted by Gasteiger charge is -2.20. The minimum atomic E-state index is 0.133. The van der Waals surface area contributed by atoms with Crippen molar-refractivity contribution in [3.63, 3.8) is 0 Å². The molecule has 0 aromatic heterocycles. The molecule has 2 unspecified atom stereocenters. The van der Waals surface area contributed by atoms with Crippen molar-refractivity contribution in [2.45, 2.75) is 71.8 Å². The summed E-state index contributed by atoms with van der Waals surface area (Å²) in [6.45, 7) is 7.12. The van der Waals surface area contributed by atoms with E-state index in [1.807, 2.05) is 0 Å². The zero-order valence-electron chi connectivity index (χ0n) is 10.5. The molecule has 0 radical (unpaired) electrons. The van der Waals surface area contributed by atoms with Crippen molar-refractivity contribution < 1.29 is 9.53 Å². The predicted octanol–water partition coefficient (Wildman–Crippen LogP) is 3.93. The van der Waals surface area contributed by atoms with Gasteiger partial charge in [-0.3, -0.25) is 4.79 Å². The summed E-state index contributed by atoms with van der Waals surface area (Å²) in [7, 11) is 0. The first kappa shape index (κ1) is 14.5. The molecule has 0 bridgehead atoms. The van der Waals surface area contributed by atoms with E-state index in [2.05, 4.69) is 20.8 Å². The van der Waals surface area contributed by atoms with E-state index in [9.17, 15) is 4.79 Å². The molecule has 0 aromatic rings. The molecule has 0 aliphatic rings. The molecule has 0 rings (SSSR count). The summed E-state index contributed by atoms with van der Waals surface area (Å²) >= 11 is 0. The van der Waals surface area contributed by atoms with Crippen molar-refractivity contribution in [3.8, 4) is 0 Å². The maximum atomic E-state index is 10.3. The second kappa shape index (κ2) is 10.0. The van der Waals surface area contributed by atoms with Crippen molar-refractivity contribution in [1.82, 2.24) is 0 Å². The summed E-state index contributed by atoms with van der Waals surface area (Å²) in [6.07, 6.45) is 8.49. The number of hydrogen-bond acceptors (Lipinski definition) is 2. The van der Waals surface area contributed by atoms with Gasteiger partial charge in [-0.2, -0.15) is 0 Å². The lowest BCUT2D eigenvalue weighted by molar-refractivity contribution is -0.134. The van der Waals surface area contributed by atoms with Gasteiger partial charge in [0, 0.05) is 0 Å². The van der Waals surface area contributed by atoms with Crippen LogP contribution in [0.4, 0.5) is 0 Å². The molecule has 0 amide bonds. The molecule has 0 heterocycles. The number of carbonyl (C=O) groups excluding carboxylic acids is 1. The molecule has 0 aliphatic heterocycles. The number of rotatable bonds is 10. The fourth-order valence-electron chi connectivity index (χ4n) is 1.94. The predicted molar refractivity (Wildman–Crippen MR) is 63.8 cm³/mol. The Morgan fingerprint density at radius 2 is 1.87 bits per heavy atom. The standard InChI is InChI=1S/C13H26O2/c1-4-7-8-9-12(5-2)10-13(6-3)15-11-14/h11-13H,4-10H2,1-3H3. The second-order valence-corrected chi connectivity index (χ2v) is 4.27. The topological polar surface area (TPSA) is 26.3 Å². The van der Waals surface area contributed by atoms with Crippen molar-refractivity contribution in [2.24, 2.45) is 5.92 Å². The normalized spacial score (nSPS) is 14.6. The van der Waals surface area contributed by atoms with Crippen LogP contribution in [0.25, 0.3) is 0 Å². The van der Waals surface area contributed by atoms with Crippen LogP contribution in [-0.2, 0) is 9.53 Å². The smallest absolute Gasteiger partial charge is 0.293 e. The zero-order valence-corrected chi connectivity index (χ0v) is 10.5. The first-order valence-corrected chi connectivity index (χ1v) is 6.37. The lowest BCUT2D eigenvalue weighted by Crippen LogP contribution is -2.16. The van der Waals surface area contributed by atoms with Gasteiger partial charge in [-0.25, -0.2) is 0 Å². The molecule has 0 saturated carbocycles. The Kier molecular flexibility index (Phi) is 9.65. The molecule has 2 heteroatoms. The van der Waals surface area contributed by atoms with E-state index in [4.69, 9.17) is 4.74 Å². The minimum absolute atomic E-state index is 0.133. The zero-order chi connectivity index (χ0) is 11.5. The molecule has 0 aliphatic carbocycles. The van der Waals surface area contributed by atoms with Gasteiger partial charge in [0.15, 0.2) is 0 Å². The fraction of sp³-hybridized carbons (Fsp3) is 0.923. The molecule has 90 valence electrons. The van der Waals surface area contributed by atoms with E-state index in [0.717, 1.165) is 18.8 Å². The van der Waals surface area contributed by atoms with E-state index < -0.39 is 0 Å². The third-order valence-corrected chi connectivity index (χ3v) is 3.09. The van der Waals surface area contributed by atoms with Gasteiger partial charge in [0.2, 0.25) is 0 Å². The summed E-state index contributed by atoms with van der Waals surface area (Å²) in [4.78, 5) is 10.3. The number of ether oxygens (including phenoxy) is 1. The highest BCUT2D eigenvalue weighted by Gasteiger charge is 2.14. The van der Waals surface area contributed by atoms with Crippen molar-refractivity contribution in [2.75, 3.05) is 0 Å². The molecular weight excluding hydrogens is 188 g/mol. The Morgan fingerprint density at radius 3 is 2.33 bits per heavy atom. The fourth-order valence-corrected chi connectivity index (χ4v) is 1.94. The van der Waals surface area contributed by atoms with Crippen LogP contribution in [0, 0.1) is 5.92 Å². The van der Waals surface area contributed by atoms with Crippen LogP contribution >= 0.6 is 0 Å². The van der Waals surface area contributed by atoms with Crippen molar-refractivity contribution >= 4 is 6.47 Å². The number of hydrogen-bond donors (Lipinski definition) is 0. The molecule has 0 aromatic carbocycles. The van der Waals surface area contributed by atoms with Gasteiger partial charge in [-0.15, -0.1) is 0 Å². The third kappa shape index (κ3) is 7.40. The van der Waals surface area contributed by atoms with E-state index in [-0.39, 0.29) is 6.10 Å². The van der Waals surface area contributed by atoms with Gasteiger partial charge in [0.1, 0.15) is 6.10 Å². The minimum Gasteiger partial charge on any atom is -0.465 e. The van der Waals surface area contributed by atoms with E-state index in [0.29, 0.717) is 6.47 Å². The quantitative estimate of drug-likeness (QED) is 0.407. The van der Waals surface area contributed by atoms with E-state index in [1.165, 1.54) is 32.1 Å². The highest BCUT2D eigenvalue weighted by Crippen LogP contribution is 2.21. The Balaban J connectivity index is 3.78. The Bertz CT molecular complexity index is 145. The number of unbranched alkanes of at least 4 members (excludes halogenated alkanes) is 2. The highest BCUT2D eigenvalue weighted by atomic mass is 16.5. The van der Waals surface area contributed by atoms with Crippen LogP contribution in [0.3, 0.4) is 0 Å². The molecule has 0 spiro atoms. The van der Waals surface area contributed by atoms with E-state index >= 15 is 0 Å². The first-order valence-electron chi connectivity index (χ1n) is 6.37. The Hall–Kier alpha value is -0.530. The monoisotopic (exact) mass is 214 g/mol. The highest BCUT2D eigenvalue weighted by molar-refractivity contribution is 5.37. The molecule has 0 saturated heterocycles. The summed E-state index contributed by atoms with van der Waals surface area (Å²) in [6, 6.07) is 0. The maximum absolute atomic E-state index is 10.3. The van der Waals surface area contributed by atoms with Crippen LogP contribution in [0.1, 0.15) is 65.7 Å². The van der Waals surface area contributed by atoms with Gasteiger partial charge in [-0.05, 0) is 18.8 Å². The molecule has 0 fully saturated rings. The average molecular weight is 214 g/mol. The first-order chi connectivity index (χ1) is 7.28. The van der Waals surface area contributed by atoms with Gasteiger partial charge in [0.05, 0.1) is 0 Å². The maximum Gasteiger partial charge on any atom is 0.293 e. The Morgan fingerprint density at radius 1 is 1.13 bits per heavy atom.